The predicted octanol–water partition coefficient (Wildman–Crippen LogP) is -0.225. The standard InChI is InChI=1S/C12H16N2O6/c1-19-11(15)10-8(6-7-13-12(16)20-2)4-3-5-9(10)14(17)18/h3-5,14,17H,6-7H2,1-2H3,(H,13,16). The molecule has 20 heavy (non-hydrogen) atoms. The second-order valence-electron chi connectivity index (χ2n) is 3.80. The molecule has 0 bridgehead atoms. The van der Waals surface area contributed by atoms with Crippen LogP contribution in [0.5, 0.6) is 0 Å². The van der Waals surface area contributed by atoms with Crippen LogP contribution in [0.4, 0.5) is 10.5 Å². The molecule has 1 aromatic carbocycles. The molecule has 8 nitrogen and oxygen atoms in total. The Hall–Kier alpha value is -2.16. The zero-order valence-corrected chi connectivity index (χ0v) is 11.1. The van der Waals surface area contributed by atoms with E-state index in [1.165, 1.54) is 26.4 Å². The molecule has 0 saturated heterocycles. The van der Waals surface area contributed by atoms with E-state index in [4.69, 9.17) is 5.21 Å². The fraction of sp³-hybridized carbons (Fsp3) is 0.333. The number of methoxy groups -OCH3 is 2. The molecule has 1 unspecified atom stereocenters. The molecule has 0 spiro atoms. The van der Waals surface area contributed by atoms with Crippen molar-refractivity contribution in [1.82, 2.24) is 5.32 Å². The Morgan fingerprint density at radius 3 is 2.60 bits per heavy atom. The van der Waals surface area contributed by atoms with Gasteiger partial charge in [-0.1, -0.05) is 12.1 Å². The van der Waals surface area contributed by atoms with Crippen molar-refractivity contribution >= 4 is 17.7 Å². The third kappa shape index (κ3) is 3.92. The van der Waals surface area contributed by atoms with Gasteiger partial charge in [0, 0.05) is 12.6 Å². The van der Waals surface area contributed by atoms with Gasteiger partial charge in [0.25, 0.3) is 0 Å². The minimum absolute atomic E-state index is 0.00540. The van der Waals surface area contributed by atoms with Crippen molar-refractivity contribution in [2.75, 3.05) is 20.8 Å². The lowest BCUT2D eigenvalue weighted by Gasteiger charge is -2.17. The van der Waals surface area contributed by atoms with E-state index in [0.29, 0.717) is 5.56 Å². The largest absolute Gasteiger partial charge is 0.595 e. The van der Waals surface area contributed by atoms with Crippen LogP contribution in [0.2, 0.25) is 0 Å². The Morgan fingerprint density at radius 1 is 1.35 bits per heavy atom. The van der Waals surface area contributed by atoms with E-state index in [2.05, 4.69) is 14.8 Å². The SMILES string of the molecule is COC(=O)NCCc1cccc([NH+]([O-])O)c1C(=O)OC. The number of hydrogen-bond acceptors (Lipinski definition) is 6. The van der Waals surface area contributed by atoms with E-state index in [-0.39, 0.29) is 24.2 Å². The highest BCUT2D eigenvalue weighted by molar-refractivity contribution is 5.95. The van der Waals surface area contributed by atoms with E-state index in [1.807, 2.05) is 0 Å². The van der Waals surface area contributed by atoms with Crippen molar-refractivity contribution in [3.05, 3.63) is 34.5 Å². The van der Waals surface area contributed by atoms with Crippen LogP contribution in [-0.2, 0) is 15.9 Å². The van der Waals surface area contributed by atoms with E-state index in [9.17, 15) is 14.8 Å². The molecule has 3 N–H and O–H groups in total. The number of hydrogen-bond donors (Lipinski definition) is 3. The molecule has 0 aliphatic heterocycles. The smallest absolute Gasteiger partial charge is 0.406 e. The second kappa shape index (κ2) is 7.43. The van der Waals surface area contributed by atoms with Gasteiger partial charge in [-0.2, -0.15) is 5.23 Å². The van der Waals surface area contributed by atoms with E-state index in [1.54, 1.807) is 6.07 Å². The summed E-state index contributed by atoms with van der Waals surface area (Å²) in [5.41, 5.74) is 0.342. The molecule has 1 aromatic rings. The maximum atomic E-state index is 11.7. The zero-order valence-electron chi connectivity index (χ0n) is 11.1. The molecule has 0 aliphatic carbocycles. The van der Waals surface area contributed by atoms with Gasteiger partial charge in [-0.05, 0) is 12.0 Å². The molecule has 0 aromatic heterocycles. The number of carbonyl (C=O) groups excluding carboxylic acids is 2. The highest BCUT2D eigenvalue weighted by Crippen LogP contribution is 2.18. The molecular weight excluding hydrogens is 268 g/mol. The average Bonchev–Trinajstić information content (AvgIpc) is 2.45. The summed E-state index contributed by atoms with van der Waals surface area (Å²) in [5, 5.41) is 21.5. The van der Waals surface area contributed by atoms with Crippen LogP contribution >= 0.6 is 0 Å². The number of benzene rings is 1. The van der Waals surface area contributed by atoms with Crippen molar-refractivity contribution in [3.8, 4) is 0 Å². The van der Waals surface area contributed by atoms with Gasteiger partial charge < -0.3 is 20.0 Å². The van der Waals surface area contributed by atoms with Gasteiger partial charge in [0.05, 0.1) is 14.2 Å². The average molecular weight is 284 g/mol. The van der Waals surface area contributed by atoms with Gasteiger partial charge in [-0.25, -0.2) is 14.8 Å². The summed E-state index contributed by atoms with van der Waals surface area (Å²) >= 11 is 0. The topological polar surface area (TPSA) is 112 Å². The fourth-order valence-electron chi connectivity index (χ4n) is 1.70. The minimum atomic E-state index is -1.21. The summed E-state index contributed by atoms with van der Waals surface area (Å²) in [6, 6.07) is 4.47. The maximum absolute atomic E-state index is 11.7. The second-order valence-corrected chi connectivity index (χ2v) is 3.80. The van der Waals surface area contributed by atoms with Crippen LogP contribution in [0, 0.1) is 5.21 Å². The van der Waals surface area contributed by atoms with Crippen LogP contribution in [0.1, 0.15) is 15.9 Å². The molecule has 0 fully saturated rings. The fourth-order valence-corrected chi connectivity index (χ4v) is 1.70. The van der Waals surface area contributed by atoms with Crippen molar-refractivity contribution in [3.63, 3.8) is 0 Å². The number of carbonyl (C=O) groups is 2. The molecule has 0 saturated carbocycles. The summed E-state index contributed by atoms with van der Waals surface area (Å²) in [4.78, 5) is 22.6. The lowest BCUT2D eigenvalue weighted by Crippen LogP contribution is -2.99. The molecule has 0 heterocycles. The van der Waals surface area contributed by atoms with Crippen molar-refractivity contribution in [1.29, 1.82) is 0 Å². The highest BCUT2D eigenvalue weighted by Gasteiger charge is 2.21. The van der Waals surface area contributed by atoms with Crippen LogP contribution in [0.3, 0.4) is 0 Å². The number of rotatable bonds is 5. The lowest BCUT2D eigenvalue weighted by atomic mass is 10.0. The number of alkyl carbamates (subject to hydrolysis) is 1. The summed E-state index contributed by atoms with van der Waals surface area (Å²) in [6.45, 7) is 0.208. The Bertz CT molecular complexity index is 489. The number of ether oxygens (including phenoxy) is 2. The van der Waals surface area contributed by atoms with Gasteiger partial charge in [-0.3, -0.25) is 0 Å². The molecule has 8 heteroatoms. The third-order valence-electron chi connectivity index (χ3n) is 2.62. The summed E-state index contributed by atoms with van der Waals surface area (Å²) in [7, 11) is 2.41. The summed E-state index contributed by atoms with van der Waals surface area (Å²) < 4.78 is 9.02. The molecule has 0 radical (unpaired) electrons. The van der Waals surface area contributed by atoms with Crippen LogP contribution in [0.15, 0.2) is 18.2 Å². The van der Waals surface area contributed by atoms with E-state index in [0.717, 1.165) is 0 Å². The van der Waals surface area contributed by atoms with Crippen molar-refractivity contribution in [2.24, 2.45) is 0 Å². The Balaban J connectivity index is 2.97. The van der Waals surface area contributed by atoms with Crippen LogP contribution in [-0.4, -0.2) is 38.0 Å². The van der Waals surface area contributed by atoms with Gasteiger partial charge >= 0.3 is 12.1 Å². The van der Waals surface area contributed by atoms with Crippen molar-refractivity contribution < 1.29 is 29.5 Å². The molecule has 1 amide bonds. The Kier molecular flexibility index (Phi) is 5.91. The predicted molar refractivity (Wildman–Crippen MR) is 67.7 cm³/mol. The van der Waals surface area contributed by atoms with Gasteiger partial charge in [0.1, 0.15) is 5.56 Å². The number of nitrogens with one attached hydrogen (secondary N) is 2. The number of quaternary nitrogens is 1. The first-order valence-corrected chi connectivity index (χ1v) is 5.76. The first kappa shape index (κ1) is 15.9. The molecule has 0 aliphatic rings. The Morgan fingerprint density at radius 2 is 2.05 bits per heavy atom. The van der Waals surface area contributed by atoms with E-state index < -0.39 is 17.3 Å². The number of esters is 1. The molecule has 1 rings (SSSR count). The molecule has 110 valence electrons. The third-order valence-corrected chi connectivity index (χ3v) is 2.62. The monoisotopic (exact) mass is 284 g/mol. The van der Waals surface area contributed by atoms with Crippen LogP contribution in [0.25, 0.3) is 0 Å². The first-order valence-electron chi connectivity index (χ1n) is 5.76. The van der Waals surface area contributed by atoms with E-state index >= 15 is 0 Å². The summed E-state index contributed by atoms with van der Waals surface area (Å²) in [5.74, 6) is -0.726. The Labute approximate surface area is 115 Å². The molecular formula is C12H16N2O6. The normalized spacial score (nSPS) is 11.6. The van der Waals surface area contributed by atoms with Crippen molar-refractivity contribution in [2.45, 2.75) is 6.42 Å². The minimum Gasteiger partial charge on any atom is -0.595 e. The molecule has 1 atom stereocenters. The maximum Gasteiger partial charge on any atom is 0.406 e. The lowest BCUT2D eigenvalue weighted by molar-refractivity contribution is -0.991. The van der Waals surface area contributed by atoms with Gasteiger partial charge in [-0.15, -0.1) is 0 Å². The van der Waals surface area contributed by atoms with Gasteiger partial charge in [0.15, 0.2) is 5.69 Å². The van der Waals surface area contributed by atoms with Gasteiger partial charge in [0.2, 0.25) is 0 Å². The first-order chi connectivity index (χ1) is 9.51. The highest BCUT2D eigenvalue weighted by atomic mass is 16.8. The van der Waals surface area contributed by atoms with Crippen LogP contribution < -0.4 is 10.5 Å². The summed E-state index contributed by atoms with van der Waals surface area (Å²) in [6.07, 6.45) is -0.320. The quantitative estimate of drug-likeness (QED) is 0.509. The zero-order chi connectivity index (χ0) is 15.1. The number of amides is 1.